The molecule has 2 rings (SSSR count). The first-order valence-electron chi connectivity index (χ1n) is 5.44. The molecule has 0 spiro atoms. The topological polar surface area (TPSA) is 81.1 Å². The van der Waals surface area contributed by atoms with Gasteiger partial charge in [0.1, 0.15) is 4.21 Å². The van der Waals surface area contributed by atoms with Crippen molar-refractivity contribution in [2.45, 2.75) is 18.1 Å². The highest BCUT2D eigenvalue weighted by Crippen LogP contribution is 2.26. The molecule has 0 unspecified atom stereocenters. The number of aromatic nitrogens is 2. The minimum atomic E-state index is -3.65. The Hall–Kier alpha value is -1.67. The molecular formula is C11H13N3O3S2. The Balaban J connectivity index is 2.36. The largest absolute Gasteiger partial charge is 0.272 e. The zero-order valence-electron chi connectivity index (χ0n) is 10.7. The lowest BCUT2D eigenvalue weighted by Crippen LogP contribution is -2.21. The van der Waals surface area contributed by atoms with E-state index in [0.717, 1.165) is 15.1 Å². The number of hydrogen-bond acceptors (Lipinski definition) is 5. The molecule has 0 aliphatic heterocycles. The van der Waals surface area contributed by atoms with Gasteiger partial charge in [0.25, 0.3) is 15.6 Å². The molecule has 6 nitrogen and oxygen atoms in total. The van der Waals surface area contributed by atoms with Gasteiger partial charge >= 0.3 is 0 Å². The third-order valence-electron chi connectivity index (χ3n) is 2.61. The van der Waals surface area contributed by atoms with E-state index >= 15 is 0 Å². The van der Waals surface area contributed by atoms with Crippen molar-refractivity contribution in [1.82, 2.24) is 9.78 Å². The molecule has 0 bridgehead atoms. The minimum absolute atomic E-state index is 0.116. The Morgan fingerprint density at radius 3 is 2.53 bits per heavy atom. The second-order valence-corrected chi connectivity index (χ2v) is 7.26. The standard InChI is InChI=1S/C11H13N3O3S2/c1-7-6-11(18-8(7)2)19(16,17)13-9-4-5-10(15)14(3)12-9/h4-6H,1-3H3,(H,12,13). The molecule has 0 saturated carbocycles. The molecule has 102 valence electrons. The number of nitrogens with zero attached hydrogens (tertiary/aromatic N) is 2. The Morgan fingerprint density at radius 2 is 2.00 bits per heavy atom. The quantitative estimate of drug-likeness (QED) is 0.925. The summed E-state index contributed by atoms with van der Waals surface area (Å²) >= 11 is 1.20. The number of thiophene rings is 1. The van der Waals surface area contributed by atoms with E-state index in [4.69, 9.17) is 0 Å². The van der Waals surface area contributed by atoms with E-state index in [0.29, 0.717) is 0 Å². The van der Waals surface area contributed by atoms with Crippen LogP contribution in [0.5, 0.6) is 0 Å². The SMILES string of the molecule is Cc1cc(S(=O)(=O)Nc2ccc(=O)n(C)n2)sc1C. The Labute approximate surface area is 114 Å². The second-order valence-electron chi connectivity index (χ2n) is 4.09. The molecule has 2 heterocycles. The highest BCUT2D eigenvalue weighted by atomic mass is 32.2. The van der Waals surface area contributed by atoms with Crippen molar-refractivity contribution in [3.05, 3.63) is 39.0 Å². The molecule has 0 aliphatic rings. The van der Waals surface area contributed by atoms with Gasteiger partial charge in [-0.25, -0.2) is 13.1 Å². The fraction of sp³-hybridized carbons (Fsp3) is 0.273. The van der Waals surface area contributed by atoms with Crippen molar-refractivity contribution in [3.63, 3.8) is 0 Å². The maximum absolute atomic E-state index is 12.1. The molecule has 0 amide bonds. The van der Waals surface area contributed by atoms with Crippen molar-refractivity contribution >= 4 is 27.2 Å². The van der Waals surface area contributed by atoms with Gasteiger partial charge < -0.3 is 0 Å². The summed E-state index contributed by atoms with van der Waals surface area (Å²) in [5.41, 5.74) is 0.629. The fourth-order valence-corrected chi connectivity index (χ4v) is 3.93. The van der Waals surface area contributed by atoms with Crippen LogP contribution in [0.1, 0.15) is 10.4 Å². The molecule has 1 N–H and O–H groups in total. The lowest BCUT2D eigenvalue weighted by atomic mass is 10.3. The van der Waals surface area contributed by atoms with Crippen LogP contribution in [0.3, 0.4) is 0 Å². The first-order chi connectivity index (χ1) is 8.79. The van der Waals surface area contributed by atoms with Crippen LogP contribution in [0.15, 0.2) is 27.2 Å². The van der Waals surface area contributed by atoms with Gasteiger partial charge in [0.2, 0.25) is 0 Å². The smallest absolute Gasteiger partial charge is 0.268 e. The maximum Gasteiger partial charge on any atom is 0.272 e. The highest BCUT2D eigenvalue weighted by Gasteiger charge is 2.18. The molecule has 0 saturated heterocycles. The zero-order valence-corrected chi connectivity index (χ0v) is 12.3. The number of rotatable bonds is 3. The number of aryl methyl sites for hydroxylation is 3. The van der Waals surface area contributed by atoms with Gasteiger partial charge in [-0.2, -0.15) is 5.10 Å². The predicted molar refractivity (Wildman–Crippen MR) is 74.1 cm³/mol. The summed E-state index contributed by atoms with van der Waals surface area (Å²) in [5.74, 6) is 0.116. The van der Waals surface area contributed by atoms with E-state index in [2.05, 4.69) is 9.82 Å². The zero-order chi connectivity index (χ0) is 14.2. The molecule has 0 aromatic carbocycles. The van der Waals surface area contributed by atoms with Crippen molar-refractivity contribution in [2.75, 3.05) is 4.72 Å². The molecule has 0 radical (unpaired) electrons. The molecule has 2 aromatic rings. The summed E-state index contributed by atoms with van der Waals surface area (Å²) in [7, 11) is -2.20. The summed E-state index contributed by atoms with van der Waals surface area (Å²) in [6.45, 7) is 3.72. The van der Waals surface area contributed by atoms with Gasteiger partial charge in [0.15, 0.2) is 5.82 Å². The summed E-state index contributed by atoms with van der Waals surface area (Å²) in [6.07, 6.45) is 0. The Morgan fingerprint density at radius 1 is 1.32 bits per heavy atom. The highest BCUT2D eigenvalue weighted by molar-refractivity contribution is 7.94. The fourth-order valence-electron chi connectivity index (χ4n) is 1.42. The van der Waals surface area contributed by atoms with Crippen molar-refractivity contribution in [3.8, 4) is 0 Å². The molecule has 0 atom stereocenters. The Kier molecular flexibility index (Phi) is 3.46. The van der Waals surface area contributed by atoms with Crippen LogP contribution in [0, 0.1) is 13.8 Å². The third kappa shape index (κ3) is 2.85. The van der Waals surface area contributed by atoms with E-state index < -0.39 is 10.0 Å². The summed E-state index contributed by atoms with van der Waals surface area (Å²) < 4.78 is 27.9. The van der Waals surface area contributed by atoms with Crippen molar-refractivity contribution in [2.24, 2.45) is 7.05 Å². The summed E-state index contributed by atoms with van der Waals surface area (Å²) in [4.78, 5) is 12.1. The molecule has 8 heteroatoms. The number of anilines is 1. The van der Waals surface area contributed by atoms with E-state index in [1.807, 2.05) is 13.8 Å². The summed E-state index contributed by atoms with van der Waals surface area (Å²) in [6, 6.07) is 4.22. The van der Waals surface area contributed by atoms with Gasteiger partial charge in [-0.05, 0) is 31.5 Å². The average molecular weight is 299 g/mol. The van der Waals surface area contributed by atoms with Crippen LogP contribution in [-0.4, -0.2) is 18.2 Å². The van der Waals surface area contributed by atoms with Crippen LogP contribution in [-0.2, 0) is 17.1 Å². The van der Waals surface area contributed by atoms with Gasteiger partial charge in [-0.1, -0.05) is 0 Å². The number of hydrogen-bond donors (Lipinski definition) is 1. The Bertz CT molecular complexity index is 755. The molecule has 19 heavy (non-hydrogen) atoms. The normalized spacial score (nSPS) is 11.5. The van der Waals surface area contributed by atoms with Crippen LogP contribution in [0.25, 0.3) is 0 Å². The predicted octanol–water partition coefficient (Wildman–Crippen LogP) is 1.26. The van der Waals surface area contributed by atoms with Gasteiger partial charge in [0, 0.05) is 18.0 Å². The van der Waals surface area contributed by atoms with Crippen LogP contribution >= 0.6 is 11.3 Å². The van der Waals surface area contributed by atoms with Crippen molar-refractivity contribution in [1.29, 1.82) is 0 Å². The number of sulfonamides is 1. The van der Waals surface area contributed by atoms with E-state index in [1.54, 1.807) is 6.07 Å². The summed E-state index contributed by atoms with van der Waals surface area (Å²) in [5, 5.41) is 3.83. The second kappa shape index (κ2) is 4.78. The third-order valence-corrected chi connectivity index (χ3v) is 5.59. The van der Waals surface area contributed by atoms with Gasteiger partial charge in [-0.15, -0.1) is 11.3 Å². The van der Waals surface area contributed by atoms with E-state index in [-0.39, 0.29) is 15.6 Å². The maximum atomic E-state index is 12.1. The van der Waals surface area contributed by atoms with Crippen LogP contribution in [0.4, 0.5) is 5.82 Å². The lowest BCUT2D eigenvalue weighted by Gasteiger charge is -2.05. The number of nitrogens with one attached hydrogen (secondary N) is 1. The van der Waals surface area contributed by atoms with E-state index in [9.17, 15) is 13.2 Å². The molecular weight excluding hydrogens is 286 g/mol. The average Bonchev–Trinajstić information content (AvgIpc) is 2.65. The lowest BCUT2D eigenvalue weighted by molar-refractivity contribution is 0.602. The van der Waals surface area contributed by atoms with Crippen molar-refractivity contribution < 1.29 is 8.42 Å². The molecule has 0 fully saturated rings. The van der Waals surface area contributed by atoms with E-state index in [1.165, 1.54) is 30.5 Å². The van der Waals surface area contributed by atoms with Gasteiger partial charge in [-0.3, -0.25) is 9.52 Å². The molecule has 2 aromatic heterocycles. The van der Waals surface area contributed by atoms with Crippen LogP contribution < -0.4 is 10.3 Å². The first-order valence-corrected chi connectivity index (χ1v) is 7.74. The monoisotopic (exact) mass is 299 g/mol. The van der Waals surface area contributed by atoms with Gasteiger partial charge in [0.05, 0.1) is 0 Å². The molecule has 0 aliphatic carbocycles. The van der Waals surface area contributed by atoms with Crippen LogP contribution in [0.2, 0.25) is 0 Å². The minimum Gasteiger partial charge on any atom is -0.268 e. The first kappa shape index (κ1) is 13.8.